The molecule has 0 spiro atoms. The molecule has 31 heavy (non-hydrogen) atoms. The molecule has 0 radical (unpaired) electrons. The molecule has 2 aromatic carbocycles. The number of hydrogen-bond acceptors (Lipinski definition) is 4. The first kappa shape index (κ1) is 20.3. The molecule has 2 heterocycles. The second kappa shape index (κ2) is 7.22. The standard InChI is InChI=1S/C21H15ClF3N3O2S/c22-17-15(8-1-3-10(26)5-8)13(25)7-11-18(17)28(14-4-2-9(23)6-12(14)24)21-16(19(11)29)20(30)27-31-21/h2,4,6-8,10H,1,3,5,26H2,(H,27,30). The quantitative estimate of drug-likeness (QED) is 0.455. The fraction of sp³-hybridized carbons (Fsp3) is 0.238. The van der Waals surface area contributed by atoms with Gasteiger partial charge in [0.2, 0.25) is 5.43 Å². The van der Waals surface area contributed by atoms with Gasteiger partial charge in [-0.15, -0.1) is 0 Å². The molecule has 2 aromatic heterocycles. The van der Waals surface area contributed by atoms with E-state index in [-0.39, 0.29) is 49.4 Å². The lowest BCUT2D eigenvalue weighted by molar-refractivity contribution is 0.577. The molecule has 1 fully saturated rings. The van der Waals surface area contributed by atoms with E-state index in [1.54, 1.807) is 0 Å². The summed E-state index contributed by atoms with van der Waals surface area (Å²) in [6.45, 7) is 0. The van der Waals surface area contributed by atoms with Crippen LogP contribution in [0.1, 0.15) is 30.7 Å². The lowest BCUT2D eigenvalue weighted by Crippen LogP contribution is -2.17. The van der Waals surface area contributed by atoms with Gasteiger partial charge in [0.25, 0.3) is 5.56 Å². The van der Waals surface area contributed by atoms with Crippen molar-refractivity contribution in [3.8, 4) is 5.69 Å². The third-order valence-electron chi connectivity index (χ3n) is 5.84. The van der Waals surface area contributed by atoms with Gasteiger partial charge in [-0.2, -0.15) is 0 Å². The second-order valence-electron chi connectivity index (χ2n) is 7.73. The number of rotatable bonds is 2. The maximum absolute atomic E-state index is 15.2. The van der Waals surface area contributed by atoms with Crippen molar-refractivity contribution in [2.24, 2.45) is 5.73 Å². The number of nitrogens with zero attached hydrogens (tertiary/aromatic N) is 1. The largest absolute Gasteiger partial charge is 0.328 e. The molecule has 1 aliphatic carbocycles. The second-order valence-corrected chi connectivity index (χ2v) is 8.90. The van der Waals surface area contributed by atoms with Crippen LogP contribution in [-0.2, 0) is 0 Å². The number of benzene rings is 2. The summed E-state index contributed by atoms with van der Waals surface area (Å²) in [4.78, 5) is 25.5. The molecule has 0 saturated heterocycles. The zero-order valence-corrected chi connectivity index (χ0v) is 17.4. The van der Waals surface area contributed by atoms with Gasteiger partial charge in [-0.25, -0.2) is 13.2 Å². The minimum absolute atomic E-state index is 0.0438. The first-order chi connectivity index (χ1) is 14.8. The number of H-pyrrole nitrogens is 1. The van der Waals surface area contributed by atoms with E-state index >= 15 is 4.39 Å². The maximum Gasteiger partial charge on any atom is 0.271 e. The molecule has 1 aliphatic rings. The Morgan fingerprint density at radius 3 is 2.58 bits per heavy atom. The fourth-order valence-corrected chi connectivity index (χ4v) is 5.74. The summed E-state index contributed by atoms with van der Waals surface area (Å²) < 4.78 is 47.3. The van der Waals surface area contributed by atoms with Crippen molar-refractivity contribution >= 4 is 44.3 Å². The zero-order chi connectivity index (χ0) is 22.0. The highest BCUT2D eigenvalue weighted by Gasteiger charge is 2.31. The van der Waals surface area contributed by atoms with E-state index in [1.807, 2.05) is 0 Å². The smallest absolute Gasteiger partial charge is 0.271 e. The average molecular weight is 466 g/mol. The normalized spacial score (nSPS) is 19.0. The molecule has 4 aromatic rings. The van der Waals surface area contributed by atoms with E-state index < -0.39 is 28.4 Å². The van der Waals surface area contributed by atoms with Gasteiger partial charge < -0.3 is 5.73 Å². The Balaban J connectivity index is 1.98. The molecule has 0 amide bonds. The van der Waals surface area contributed by atoms with Gasteiger partial charge in [0, 0.05) is 17.7 Å². The maximum atomic E-state index is 15.2. The summed E-state index contributed by atoms with van der Waals surface area (Å²) in [7, 11) is 0. The molecule has 2 atom stereocenters. The summed E-state index contributed by atoms with van der Waals surface area (Å²) in [6, 6.07) is 3.87. The predicted octanol–water partition coefficient (Wildman–Crippen LogP) is 4.56. The molecule has 5 rings (SSSR count). The van der Waals surface area contributed by atoms with Crippen molar-refractivity contribution in [3.63, 3.8) is 0 Å². The average Bonchev–Trinajstić information content (AvgIpc) is 3.30. The number of aromatic amines is 1. The Bertz CT molecular complexity index is 1490. The summed E-state index contributed by atoms with van der Waals surface area (Å²) in [5.74, 6) is -2.64. The van der Waals surface area contributed by atoms with Crippen LogP contribution >= 0.6 is 23.1 Å². The summed E-state index contributed by atoms with van der Waals surface area (Å²) in [5, 5.41) is -0.446. The number of fused-ring (bicyclic) bond motifs is 2. The molecule has 10 heteroatoms. The lowest BCUT2D eigenvalue weighted by Gasteiger charge is -2.19. The van der Waals surface area contributed by atoms with Gasteiger partial charge >= 0.3 is 0 Å². The third kappa shape index (κ3) is 3.02. The molecular formula is C21H15ClF3N3O2S. The van der Waals surface area contributed by atoms with Crippen molar-refractivity contribution < 1.29 is 13.2 Å². The van der Waals surface area contributed by atoms with Crippen LogP contribution in [0.2, 0.25) is 5.02 Å². The molecule has 3 N–H and O–H groups in total. The monoisotopic (exact) mass is 465 g/mol. The van der Waals surface area contributed by atoms with Crippen molar-refractivity contribution in [2.45, 2.75) is 31.2 Å². The van der Waals surface area contributed by atoms with Crippen LogP contribution in [0, 0.1) is 17.5 Å². The molecule has 5 nitrogen and oxygen atoms in total. The molecule has 2 unspecified atom stereocenters. The van der Waals surface area contributed by atoms with Crippen LogP contribution in [0.3, 0.4) is 0 Å². The number of halogens is 4. The summed E-state index contributed by atoms with van der Waals surface area (Å²) >= 11 is 7.49. The summed E-state index contributed by atoms with van der Waals surface area (Å²) in [6.07, 6.45) is 1.85. The van der Waals surface area contributed by atoms with Crippen LogP contribution in [0.25, 0.3) is 26.8 Å². The SMILES string of the molecule is NC1CCC(c2c(F)cc3c(=O)c4c(=O)[nH]sc4n(-c4ccc(F)cc4F)c3c2Cl)C1. The van der Waals surface area contributed by atoms with E-state index in [1.165, 1.54) is 10.6 Å². The molecular weight excluding hydrogens is 451 g/mol. The molecule has 160 valence electrons. The van der Waals surface area contributed by atoms with Gasteiger partial charge in [0.05, 0.1) is 21.6 Å². The van der Waals surface area contributed by atoms with E-state index in [0.717, 1.165) is 23.7 Å². The highest BCUT2D eigenvalue weighted by molar-refractivity contribution is 7.12. The van der Waals surface area contributed by atoms with Crippen molar-refractivity contribution in [2.75, 3.05) is 0 Å². The van der Waals surface area contributed by atoms with Gasteiger partial charge in [0.1, 0.15) is 27.7 Å². The van der Waals surface area contributed by atoms with E-state index in [2.05, 4.69) is 4.37 Å². The van der Waals surface area contributed by atoms with Crippen LogP contribution in [0.5, 0.6) is 0 Å². The fourth-order valence-electron chi connectivity index (χ4n) is 4.45. The number of nitrogens with two attached hydrogens (primary N) is 1. The Hall–Kier alpha value is -2.62. The van der Waals surface area contributed by atoms with Crippen LogP contribution in [0.15, 0.2) is 33.9 Å². The van der Waals surface area contributed by atoms with Gasteiger partial charge in [0.15, 0.2) is 0 Å². The van der Waals surface area contributed by atoms with Crippen molar-refractivity contribution in [1.82, 2.24) is 8.94 Å². The third-order valence-corrected chi connectivity index (χ3v) is 7.09. The lowest BCUT2D eigenvalue weighted by atomic mass is 9.94. The molecule has 1 saturated carbocycles. The highest BCUT2D eigenvalue weighted by Crippen LogP contribution is 2.42. The van der Waals surface area contributed by atoms with Gasteiger partial charge in [-0.1, -0.05) is 11.6 Å². The number of nitrogens with one attached hydrogen (secondary N) is 1. The van der Waals surface area contributed by atoms with E-state index in [9.17, 15) is 18.4 Å². The van der Waals surface area contributed by atoms with Crippen LogP contribution < -0.4 is 16.7 Å². The van der Waals surface area contributed by atoms with Gasteiger partial charge in [-0.05, 0) is 54.9 Å². The molecule has 0 bridgehead atoms. The van der Waals surface area contributed by atoms with E-state index in [4.69, 9.17) is 17.3 Å². The Labute approximate surface area is 182 Å². The number of aromatic nitrogens is 2. The van der Waals surface area contributed by atoms with Crippen molar-refractivity contribution in [3.05, 3.63) is 72.9 Å². The number of hydrogen-bond donors (Lipinski definition) is 2. The Kier molecular flexibility index (Phi) is 4.72. The topological polar surface area (TPSA) is 80.9 Å². The first-order valence-electron chi connectivity index (χ1n) is 9.56. The first-order valence-corrected chi connectivity index (χ1v) is 10.8. The van der Waals surface area contributed by atoms with Crippen LogP contribution in [-0.4, -0.2) is 15.0 Å². The van der Waals surface area contributed by atoms with Crippen LogP contribution in [0.4, 0.5) is 13.2 Å². The predicted molar refractivity (Wildman–Crippen MR) is 115 cm³/mol. The minimum Gasteiger partial charge on any atom is -0.328 e. The van der Waals surface area contributed by atoms with Crippen molar-refractivity contribution in [1.29, 1.82) is 0 Å². The molecule has 0 aliphatic heterocycles. The minimum atomic E-state index is -0.920. The Morgan fingerprint density at radius 1 is 1.13 bits per heavy atom. The zero-order valence-electron chi connectivity index (χ0n) is 15.8. The highest BCUT2D eigenvalue weighted by atomic mass is 35.5. The van der Waals surface area contributed by atoms with E-state index in [0.29, 0.717) is 25.3 Å². The number of pyridine rings is 1. The Morgan fingerprint density at radius 2 is 1.90 bits per heavy atom. The van der Waals surface area contributed by atoms with Gasteiger partial charge in [-0.3, -0.25) is 18.5 Å². The summed E-state index contributed by atoms with van der Waals surface area (Å²) in [5.41, 5.74) is 4.76.